The molecular weight excluding hydrogens is 446 g/mol. The molecule has 0 saturated carbocycles. The number of amides is 4. The van der Waals surface area contributed by atoms with E-state index in [4.69, 9.17) is 4.42 Å². The molecule has 0 spiro atoms. The minimum atomic E-state index is -0.915. The highest BCUT2D eigenvalue weighted by atomic mass is 16.3. The Kier molecular flexibility index (Phi) is 6.32. The lowest BCUT2D eigenvalue weighted by atomic mass is 9.74. The number of nitrogens with zero attached hydrogens (tertiary/aromatic N) is 3. The van der Waals surface area contributed by atoms with Crippen LogP contribution in [0.3, 0.4) is 0 Å². The largest absolute Gasteiger partial charge is 0.467 e. The lowest BCUT2D eigenvalue weighted by Crippen LogP contribution is -2.56. The number of furan rings is 1. The van der Waals surface area contributed by atoms with Crippen LogP contribution in [0.4, 0.5) is 4.79 Å². The second-order valence-electron chi connectivity index (χ2n) is 9.48. The van der Waals surface area contributed by atoms with E-state index in [-0.39, 0.29) is 30.3 Å². The molecule has 0 aliphatic carbocycles. The van der Waals surface area contributed by atoms with Crippen LogP contribution in [0.15, 0.2) is 47.1 Å². The summed E-state index contributed by atoms with van der Waals surface area (Å²) in [5.41, 5.74) is 0.963. The highest BCUT2D eigenvalue weighted by Crippen LogP contribution is 2.37. The number of imidazole rings is 1. The van der Waals surface area contributed by atoms with E-state index in [1.54, 1.807) is 12.1 Å². The van der Waals surface area contributed by atoms with Crippen molar-refractivity contribution in [3.05, 3.63) is 54.2 Å². The molecule has 184 valence electrons. The number of rotatable bonds is 8. The molecule has 2 aliphatic rings. The van der Waals surface area contributed by atoms with Crippen LogP contribution in [-0.2, 0) is 22.6 Å². The molecule has 0 radical (unpaired) electrons. The van der Waals surface area contributed by atoms with Crippen molar-refractivity contribution in [3.63, 3.8) is 0 Å². The van der Waals surface area contributed by atoms with E-state index in [2.05, 4.69) is 15.3 Å². The maximum Gasteiger partial charge on any atom is 0.325 e. The molecule has 5 rings (SSSR count). The van der Waals surface area contributed by atoms with Gasteiger partial charge in [0, 0.05) is 25.9 Å². The summed E-state index contributed by atoms with van der Waals surface area (Å²) in [5, 5.41) is 3.03. The summed E-state index contributed by atoms with van der Waals surface area (Å²) < 4.78 is 5.35. The van der Waals surface area contributed by atoms with Gasteiger partial charge in [-0.05, 0) is 49.4 Å². The number of para-hydroxylation sites is 2. The normalized spacial score (nSPS) is 21.2. The Labute approximate surface area is 203 Å². The van der Waals surface area contributed by atoms with Crippen molar-refractivity contribution in [2.24, 2.45) is 5.92 Å². The second-order valence-corrected chi connectivity index (χ2v) is 9.48. The van der Waals surface area contributed by atoms with E-state index in [0.29, 0.717) is 51.0 Å². The number of hydrogen-bond acceptors (Lipinski definition) is 5. The average Bonchev–Trinajstić information content (AvgIpc) is 3.59. The van der Waals surface area contributed by atoms with Gasteiger partial charge in [-0.2, -0.15) is 0 Å². The molecule has 2 fully saturated rings. The van der Waals surface area contributed by atoms with Crippen LogP contribution in [0.25, 0.3) is 11.0 Å². The van der Waals surface area contributed by atoms with E-state index >= 15 is 0 Å². The number of H-pyrrole nitrogens is 1. The smallest absolute Gasteiger partial charge is 0.325 e. The summed E-state index contributed by atoms with van der Waals surface area (Å²) in [7, 11) is 0. The summed E-state index contributed by atoms with van der Waals surface area (Å²) >= 11 is 0. The molecule has 4 heterocycles. The molecule has 2 N–H and O–H groups in total. The molecule has 3 aromatic rings. The number of aromatic amines is 1. The molecule has 0 bridgehead atoms. The van der Waals surface area contributed by atoms with Crippen molar-refractivity contribution in [2.45, 2.75) is 57.5 Å². The highest BCUT2D eigenvalue weighted by molar-refractivity contribution is 6.07. The Morgan fingerprint density at radius 2 is 1.97 bits per heavy atom. The Morgan fingerprint density at radius 1 is 1.17 bits per heavy atom. The molecule has 2 aromatic heterocycles. The minimum Gasteiger partial charge on any atom is -0.467 e. The molecular formula is C26H31N5O4. The van der Waals surface area contributed by atoms with Gasteiger partial charge in [-0.3, -0.25) is 14.5 Å². The zero-order valence-corrected chi connectivity index (χ0v) is 20.0. The van der Waals surface area contributed by atoms with Gasteiger partial charge in [0.1, 0.15) is 17.1 Å². The minimum absolute atomic E-state index is 0.0140. The number of carbonyl (C=O) groups excluding carboxylic acids is 3. The van der Waals surface area contributed by atoms with E-state index < -0.39 is 5.54 Å². The number of hydrogen-bond donors (Lipinski definition) is 2. The molecule has 9 nitrogen and oxygen atoms in total. The highest BCUT2D eigenvalue weighted by Gasteiger charge is 2.55. The zero-order chi connectivity index (χ0) is 24.4. The second kappa shape index (κ2) is 9.56. The number of imide groups is 1. The van der Waals surface area contributed by atoms with E-state index in [9.17, 15) is 14.4 Å². The number of aromatic nitrogens is 2. The van der Waals surface area contributed by atoms with Crippen LogP contribution >= 0.6 is 0 Å². The topological polar surface area (TPSA) is 112 Å². The Balaban J connectivity index is 1.20. The first-order chi connectivity index (χ1) is 17.0. The van der Waals surface area contributed by atoms with E-state index in [0.717, 1.165) is 23.3 Å². The van der Waals surface area contributed by atoms with Gasteiger partial charge in [0.2, 0.25) is 5.91 Å². The zero-order valence-electron chi connectivity index (χ0n) is 20.0. The van der Waals surface area contributed by atoms with Crippen LogP contribution in [0.1, 0.15) is 50.6 Å². The number of urea groups is 1. The summed E-state index contributed by atoms with van der Waals surface area (Å²) in [6.45, 7) is 3.31. The Morgan fingerprint density at radius 3 is 2.69 bits per heavy atom. The lowest BCUT2D eigenvalue weighted by Gasteiger charge is -2.41. The third-order valence-corrected chi connectivity index (χ3v) is 7.30. The molecule has 2 saturated heterocycles. The van der Waals surface area contributed by atoms with Crippen LogP contribution in [-0.4, -0.2) is 56.2 Å². The first-order valence-corrected chi connectivity index (χ1v) is 12.4. The fourth-order valence-corrected chi connectivity index (χ4v) is 5.52. The lowest BCUT2D eigenvalue weighted by molar-refractivity contribution is -0.136. The summed E-state index contributed by atoms with van der Waals surface area (Å²) in [5.74, 6) is 1.28. The van der Waals surface area contributed by atoms with Gasteiger partial charge in [0.05, 0.1) is 23.8 Å². The third-order valence-electron chi connectivity index (χ3n) is 7.30. The third kappa shape index (κ3) is 4.42. The van der Waals surface area contributed by atoms with Gasteiger partial charge in [-0.15, -0.1) is 0 Å². The maximum atomic E-state index is 13.5. The number of benzene rings is 1. The van der Waals surface area contributed by atoms with Crippen molar-refractivity contribution in [1.82, 2.24) is 25.1 Å². The number of piperidine rings is 1. The first kappa shape index (κ1) is 23.1. The summed E-state index contributed by atoms with van der Waals surface area (Å²) in [6.07, 6.45) is 5.19. The summed E-state index contributed by atoms with van der Waals surface area (Å²) in [4.78, 5) is 50.2. The van der Waals surface area contributed by atoms with Crippen molar-refractivity contribution in [2.75, 3.05) is 13.1 Å². The Hall–Kier alpha value is -3.62. The van der Waals surface area contributed by atoms with E-state index in [1.165, 1.54) is 11.2 Å². The van der Waals surface area contributed by atoms with Crippen LogP contribution in [0.5, 0.6) is 0 Å². The number of aryl methyl sites for hydroxylation is 1. The molecule has 1 atom stereocenters. The quantitative estimate of drug-likeness (QED) is 0.482. The fourth-order valence-electron chi connectivity index (χ4n) is 5.52. The van der Waals surface area contributed by atoms with Gasteiger partial charge in [-0.25, -0.2) is 9.78 Å². The average molecular weight is 478 g/mol. The predicted octanol–water partition coefficient (Wildman–Crippen LogP) is 3.62. The Bertz CT molecular complexity index is 1180. The molecule has 1 aromatic carbocycles. The monoisotopic (exact) mass is 477 g/mol. The van der Waals surface area contributed by atoms with Crippen LogP contribution in [0.2, 0.25) is 0 Å². The molecule has 35 heavy (non-hydrogen) atoms. The number of likely N-dealkylation sites (tertiary alicyclic amines) is 1. The predicted molar refractivity (Wildman–Crippen MR) is 129 cm³/mol. The van der Waals surface area contributed by atoms with E-state index in [1.807, 2.05) is 36.1 Å². The molecule has 2 aliphatic heterocycles. The SMILES string of the molecule is CCCC1(C2CCN(C(=O)CCc3nc4ccccc4[nH]3)CC2)NC(=O)N(Cc2ccco2)C1=O. The van der Waals surface area contributed by atoms with Crippen molar-refractivity contribution < 1.29 is 18.8 Å². The number of nitrogens with one attached hydrogen (secondary N) is 2. The van der Waals surface area contributed by atoms with Gasteiger partial charge < -0.3 is 19.6 Å². The first-order valence-electron chi connectivity index (χ1n) is 12.4. The summed E-state index contributed by atoms with van der Waals surface area (Å²) in [6, 6.07) is 11.0. The van der Waals surface area contributed by atoms with Crippen LogP contribution in [0, 0.1) is 5.92 Å². The van der Waals surface area contributed by atoms with Gasteiger partial charge in [0.25, 0.3) is 5.91 Å². The van der Waals surface area contributed by atoms with Gasteiger partial charge >= 0.3 is 6.03 Å². The maximum absolute atomic E-state index is 13.5. The van der Waals surface area contributed by atoms with Crippen molar-refractivity contribution >= 4 is 28.9 Å². The molecule has 4 amide bonds. The van der Waals surface area contributed by atoms with Crippen molar-refractivity contribution in [1.29, 1.82) is 0 Å². The molecule has 9 heteroatoms. The van der Waals surface area contributed by atoms with Crippen LogP contribution < -0.4 is 5.32 Å². The fraction of sp³-hybridized carbons (Fsp3) is 0.462. The van der Waals surface area contributed by atoms with Gasteiger partial charge in [0.15, 0.2) is 0 Å². The number of carbonyl (C=O) groups is 3. The van der Waals surface area contributed by atoms with Crippen molar-refractivity contribution in [3.8, 4) is 0 Å². The molecule has 1 unspecified atom stereocenters. The standard InChI is InChI=1S/C26H31N5O4/c1-2-13-26(24(33)31(25(34)29-26)17-19-6-5-16-35-19)18-11-14-30(15-12-18)23(32)10-9-22-27-20-7-3-4-8-21(20)28-22/h3-8,16,18H,2,9-15,17H2,1H3,(H,27,28)(H,29,34). The van der Waals surface area contributed by atoms with Gasteiger partial charge in [-0.1, -0.05) is 25.5 Å². The number of fused-ring (bicyclic) bond motifs is 1.